The smallest absolute Gasteiger partial charge is 0.247 e. The van der Waals surface area contributed by atoms with Gasteiger partial charge in [-0.25, -0.2) is 0 Å². The average Bonchev–Trinajstić information content (AvgIpc) is 2.62. The lowest BCUT2D eigenvalue weighted by atomic mass is 9.91. The number of rotatable bonds is 4. The molecule has 5 nitrogen and oxygen atoms in total. The van der Waals surface area contributed by atoms with Crippen LogP contribution in [0.5, 0.6) is 5.75 Å². The Labute approximate surface area is 173 Å². The molecule has 0 aromatic heterocycles. The van der Waals surface area contributed by atoms with Crippen LogP contribution in [0.4, 0.5) is 0 Å². The van der Waals surface area contributed by atoms with Gasteiger partial charge < -0.3 is 15.7 Å². The number of phenols is 1. The minimum Gasteiger partial charge on any atom is -0.508 e. The number of hydrogen-bond donors (Lipinski definition) is 2. The molecular weight excluding hydrogens is 385 g/mol. The summed E-state index contributed by atoms with van der Waals surface area (Å²) in [5.74, 6) is 0.253. The Balaban J connectivity index is 0.00000182. The van der Waals surface area contributed by atoms with Crippen molar-refractivity contribution in [3.63, 3.8) is 0 Å². The predicted molar refractivity (Wildman–Crippen MR) is 112 cm³/mol. The summed E-state index contributed by atoms with van der Waals surface area (Å²) in [5, 5.41) is 9.57. The van der Waals surface area contributed by atoms with Gasteiger partial charge >= 0.3 is 0 Å². The Bertz CT molecular complexity index is 733. The number of piperazine rings is 1. The normalized spacial score (nSPS) is 16.6. The van der Waals surface area contributed by atoms with Crippen molar-refractivity contribution in [2.75, 3.05) is 26.2 Å². The molecule has 1 fully saturated rings. The second kappa shape index (κ2) is 9.95. The van der Waals surface area contributed by atoms with Crippen LogP contribution < -0.4 is 5.73 Å². The maximum atomic E-state index is 12.9. The topological polar surface area (TPSA) is 69.8 Å². The molecule has 1 amide bonds. The molecule has 7 heteroatoms. The molecule has 0 radical (unpaired) electrons. The van der Waals surface area contributed by atoms with Crippen LogP contribution in [-0.2, 0) is 16.9 Å². The van der Waals surface area contributed by atoms with Crippen LogP contribution in [0.15, 0.2) is 54.6 Å². The minimum atomic E-state index is -1.01. The number of phenolic OH excluding ortho intramolecular Hbond substituents is 1. The van der Waals surface area contributed by atoms with Gasteiger partial charge in [-0.2, -0.15) is 0 Å². The summed E-state index contributed by atoms with van der Waals surface area (Å²) < 4.78 is 0. The molecule has 0 bridgehead atoms. The Morgan fingerprint density at radius 2 is 1.67 bits per heavy atom. The van der Waals surface area contributed by atoms with Crippen LogP contribution >= 0.6 is 24.8 Å². The van der Waals surface area contributed by atoms with E-state index in [1.807, 2.05) is 47.4 Å². The first-order chi connectivity index (χ1) is 12.0. The second-order valence-corrected chi connectivity index (χ2v) is 6.81. The van der Waals surface area contributed by atoms with Gasteiger partial charge in [0.2, 0.25) is 5.91 Å². The molecule has 148 valence electrons. The SMILES string of the molecule is CC(N)(C(=O)N1CCN(Cc2cccc(O)c2)CC1)c1ccccc1.Cl.Cl. The van der Waals surface area contributed by atoms with Crippen LogP contribution in [0.25, 0.3) is 0 Å². The van der Waals surface area contributed by atoms with Gasteiger partial charge in [0.1, 0.15) is 11.3 Å². The van der Waals surface area contributed by atoms with E-state index < -0.39 is 5.54 Å². The first kappa shape index (κ1) is 23.2. The monoisotopic (exact) mass is 411 g/mol. The third kappa shape index (κ3) is 5.59. The molecule has 1 heterocycles. The lowest BCUT2D eigenvalue weighted by Crippen LogP contribution is -2.56. The van der Waals surface area contributed by atoms with E-state index in [0.29, 0.717) is 13.1 Å². The Morgan fingerprint density at radius 3 is 2.26 bits per heavy atom. The van der Waals surface area contributed by atoms with Crippen LogP contribution in [-0.4, -0.2) is 47.0 Å². The van der Waals surface area contributed by atoms with E-state index in [2.05, 4.69) is 4.90 Å². The zero-order chi connectivity index (χ0) is 17.9. The number of nitrogens with two attached hydrogens (primary N) is 1. The average molecular weight is 412 g/mol. The summed E-state index contributed by atoms with van der Waals surface area (Å²) in [6, 6.07) is 16.8. The summed E-state index contributed by atoms with van der Waals surface area (Å²) in [6.07, 6.45) is 0. The fourth-order valence-electron chi connectivity index (χ4n) is 3.26. The summed E-state index contributed by atoms with van der Waals surface area (Å²) >= 11 is 0. The zero-order valence-electron chi connectivity index (χ0n) is 15.4. The Hall–Kier alpha value is -1.79. The predicted octanol–water partition coefficient (Wildman–Crippen LogP) is 2.75. The van der Waals surface area contributed by atoms with E-state index in [4.69, 9.17) is 5.73 Å². The number of halogens is 2. The standard InChI is InChI=1S/C20H25N3O2.2ClH/c1-20(21,17-7-3-2-4-8-17)19(25)23-12-10-22(11-13-23)15-16-6-5-9-18(24)14-16;;/h2-9,14,24H,10-13,15,21H2,1H3;2*1H. The number of hydrogen-bond acceptors (Lipinski definition) is 4. The van der Waals surface area contributed by atoms with Crippen molar-refractivity contribution in [2.45, 2.75) is 19.0 Å². The number of nitrogens with zero attached hydrogens (tertiary/aromatic N) is 2. The van der Waals surface area contributed by atoms with Crippen molar-refractivity contribution < 1.29 is 9.90 Å². The quantitative estimate of drug-likeness (QED) is 0.811. The van der Waals surface area contributed by atoms with Gasteiger partial charge in [-0.15, -0.1) is 24.8 Å². The summed E-state index contributed by atoms with van der Waals surface area (Å²) in [4.78, 5) is 17.0. The lowest BCUT2D eigenvalue weighted by Gasteiger charge is -2.38. The number of benzene rings is 2. The van der Waals surface area contributed by atoms with Crippen molar-refractivity contribution in [3.05, 3.63) is 65.7 Å². The van der Waals surface area contributed by atoms with Crippen molar-refractivity contribution >= 4 is 30.7 Å². The van der Waals surface area contributed by atoms with Gasteiger partial charge in [-0.1, -0.05) is 42.5 Å². The van der Waals surface area contributed by atoms with E-state index >= 15 is 0 Å². The van der Waals surface area contributed by atoms with Crippen LogP contribution in [0.3, 0.4) is 0 Å². The molecule has 3 N–H and O–H groups in total. The first-order valence-electron chi connectivity index (χ1n) is 8.61. The van der Waals surface area contributed by atoms with Crippen molar-refractivity contribution in [1.82, 2.24) is 9.80 Å². The van der Waals surface area contributed by atoms with Crippen molar-refractivity contribution in [1.29, 1.82) is 0 Å². The molecule has 0 spiro atoms. The molecule has 1 atom stereocenters. The number of carbonyl (C=O) groups excluding carboxylic acids is 1. The van der Waals surface area contributed by atoms with Crippen molar-refractivity contribution in [2.24, 2.45) is 5.73 Å². The Morgan fingerprint density at radius 1 is 1.04 bits per heavy atom. The highest BCUT2D eigenvalue weighted by Gasteiger charge is 2.35. The fourth-order valence-corrected chi connectivity index (χ4v) is 3.26. The molecular formula is C20H27Cl2N3O2. The van der Waals surface area contributed by atoms with Gasteiger partial charge in [0.25, 0.3) is 0 Å². The van der Waals surface area contributed by atoms with Gasteiger partial charge in [0, 0.05) is 32.7 Å². The maximum Gasteiger partial charge on any atom is 0.247 e. The fraction of sp³-hybridized carbons (Fsp3) is 0.350. The van der Waals surface area contributed by atoms with Gasteiger partial charge in [0.05, 0.1) is 0 Å². The third-order valence-corrected chi connectivity index (χ3v) is 4.79. The zero-order valence-corrected chi connectivity index (χ0v) is 17.0. The van der Waals surface area contributed by atoms with E-state index in [1.54, 1.807) is 19.1 Å². The maximum absolute atomic E-state index is 12.9. The van der Waals surface area contributed by atoms with Crippen molar-refractivity contribution in [3.8, 4) is 5.75 Å². The molecule has 1 aliphatic heterocycles. The highest BCUT2D eigenvalue weighted by atomic mass is 35.5. The van der Waals surface area contributed by atoms with Gasteiger partial charge in [0.15, 0.2) is 0 Å². The Kier molecular flexibility index (Phi) is 8.57. The number of carbonyl (C=O) groups is 1. The molecule has 3 rings (SSSR count). The highest BCUT2D eigenvalue weighted by Crippen LogP contribution is 2.22. The molecule has 2 aromatic rings. The summed E-state index contributed by atoms with van der Waals surface area (Å²) in [7, 11) is 0. The number of aromatic hydroxyl groups is 1. The van der Waals surface area contributed by atoms with E-state index in [-0.39, 0.29) is 36.5 Å². The lowest BCUT2D eigenvalue weighted by molar-refractivity contribution is -0.138. The second-order valence-electron chi connectivity index (χ2n) is 6.81. The van der Waals surface area contributed by atoms with Crippen LogP contribution in [0, 0.1) is 0 Å². The largest absolute Gasteiger partial charge is 0.508 e. The molecule has 1 unspecified atom stereocenters. The van der Waals surface area contributed by atoms with Gasteiger partial charge in [-0.3, -0.25) is 9.69 Å². The van der Waals surface area contributed by atoms with E-state index in [9.17, 15) is 9.90 Å². The first-order valence-corrected chi connectivity index (χ1v) is 8.61. The molecule has 1 aliphatic rings. The number of amides is 1. The highest BCUT2D eigenvalue weighted by molar-refractivity contribution is 5.87. The molecule has 2 aromatic carbocycles. The summed E-state index contributed by atoms with van der Waals surface area (Å²) in [6.45, 7) is 5.48. The van der Waals surface area contributed by atoms with Crippen LogP contribution in [0.2, 0.25) is 0 Å². The third-order valence-electron chi connectivity index (χ3n) is 4.79. The van der Waals surface area contributed by atoms with Crippen LogP contribution in [0.1, 0.15) is 18.1 Å². The van der Waals surface area contributed by atoms with E-state index in [0.717, 1.165) is 30.8 Å². The molecule has 0 saturated carbocycles. The van der Waals surface area contributed by atoms with E-state index in [1.165, 1.54) is 0 Å². The summed E-state index contributed by atoms with van der Waals surface area (Å²) in [5.41, 5.74) is 7.26. The minimum absolute atomic E-state index is 0. The molecule has 0 aliphatic carbocycles. The molecule has 27 heavy (non-hydrogen) atoms. The molecule has 1 saturated heterocycles. The van der Waals surface area contributed by atoms with Gasteiger partial charge in [-0.05, 0) is 30.2 Å².